The Hall–Kier alpha value is -5.49. The molecule has 5 aromatic rings. The summed E-state index contributed by atoms with van der Waals surface area (Å²) < 4.78 is 0. The van der Waals surface area contributed by atoms with Gasteiger partial charge in [-0.3, -0.25) is 14.5 Å². The number of H-pyrrole nitrogens is 1. The average Bonchev–Trinajstić information content (AvgIpc) is 3.15. The Balaban J connectivity index is 0.987. The average molecular weight is 718 g/mol. The lowest BCUT2D eigenvalue weighted by Gasteiger charge is -2.35. The van der Waals surface area contributed by atoms with Gasteiger partial charge in [0, 0.05) is 54.3 Å². The third kappa shape index (κ3) is 9.50. The van der Waals surface area contributed by atoms with Crippen LogP contribution in [0.5, 0.6) is 5.75 Å². The number of aromatic nitrogens is 1. The summed E-state index contributed by atoms with van der Waals surface area (Å²) in [5.41, 5.74) is 11.9. The van der Waals surface area contributed by atoms with E-state index >= 15 is 0 Å². The number of unbranched alkanes of at least 4 members (excludes halogenated alkanes) is 1. The first-order valence-electron chi connectivity index (χ1n) is 18.2. The van der Waals surface area contributed by atoms with Gasteiger partial charge in [-0.1, -0.05) is 60.7 Å². The number of nitrogens with one attached hydrogen (secondary N) is 3. The summed E-state index contributed by atoms with van der Waals surface area (Å²) in [6.45, 7) is 0.745. The number of rotatable bonds is 14. The maximum Gasteiger partial charge on any atom is 0.412 e. The van der Waals surface area contributed by atoms with Gasteiger partial charge in [0.1, 0.15) is 5.75 Å². The van der Waals surface area contributed by atoms with Crippen LogP contribution in [-0.4, -0.2) is 50.9 Å². The molecule has 0 radical (unpaired) electrons. The van der Waals surface area contributed by atoms with Gasteiger partial charge in [0.15, 0.2) is 0 Å². The van der Waals surface area contributed by atoms with E-state index in [-0.39, 0.29) is 35.8 Å². The number of amides is 2. The van der Waals surface area contributed by atoms with E-state index in [1.165, 1.54) is 12.1 Å². The predicted octanol–water partition coefficient (Wildman–Crippen LogP) is 6.83. The zero-order valence-corrected chi connectivity index (χ0v) is 29.6. The minimum Gasteiger partial charge on any atom is -0.506 e. The lowest BCUT2D eigenvalue weighted by molar-refractivity contribution is -0.116. The molecular formula is C42H47N5O6. The molecule has 8 N–H and O–H groups in total. The smallest absolute Gasteiger partial charge is 0.412 e. The molecule has 0 bridgehead atoms. The number of hydrogen-bond donors (Lipinski definition) is 7. The maximum absolute atomic E-state index is 12.8. The Labute approximate surface area is 308 Å². The van der Waals surface area contributed by atoms with E-state index in [1.807, 2.05) is 66.7 Å². The van der Waals surface area contributed by atoms with Crippen LogP contribution in [0, 0.1) is 0 Å². The molecule has 1 fully saturated rings. The number of phenols is 1. The molecule has 4 aromatic carbocycles. The number of aromatic amines is 1. The highest BCUT2D eigenvalue weighted by Crippen LogP contribution is 2.36. The highest BCUT2D eigenvalue weighted by Gasteiger charge is 2.30. The van der Waals surface area contributed by atoms with Crippen molar-refractivity contribution in [2.45, 2.75) is 76.1 Å². The number of fused-ring (bicyclic) bond motifs is 1. The number of benzene rings is 4. The van der Waals surface area contributed by atoms with Crippen molar-refractivity contribution in [3.05, 3.63) is 124 Å². The Bertz CT molecular complexity index is 2080. The Kier molecular flexibility index (Phi) is 12.2. The second kappa shape index (κ2) is 17.4. The van der Waals surface area contributed by atoms with Crippen LogP contribution in [0.1, 0.15) is 67.7 Å². The van der Waals surface area contributed by atoms with Crippen molar-refractivity contribution in [2.24, 2.45) is 5.73 Å². The molecule has 1 aromatic heterocycles. The fourth-order valence-electron chi connectivity index (χ4n) is 7.17. The molecule has 2 amide bonds. The monoisotopic (exact) mass is 717 g/mol. The largest absolute Gasteiger partial charge is 0.506 e. The normalized spacial score (nSPS) is 16.3. The molecule has 276 valence electrons. The van der Waals surface area contributed by atoms with Crippen LogP contribution in [0.15, 0.2) is 102 Å². The fraction of sp³-hybridized carbons (Fsp3) is 0.310. The Morgan fingerprint density at radius 2 is 1.62 bits per heavy atom. The van der Waals surface area contributed by atoms with Gasteiger partial charge in [-0.15, -0.1) is 0 Å². The summed E-state index contributed by atoms with van der Waals surface area (Å²) in [6, 6.07) is 29.5. The van der Waals surface area contributed by atoms with Gasteiger partial charge in [0.25, 0.3) is 0 Å². The maximum atomic E-state index is 12.8. The Morgan fingerprint density at radius 3 is 2.36 bits per heavy atom. The number of aromatic hydroxyl groups is 1. The molecule has 1 saturated carbocycles. The Morgan fingerprint density at radius 1 is 0.887 bits per heavy atom. The molecule has 0 spiro atoms. The molecule has 1 heterocycles. The zero-order valence-electron chi connectivity index (χ0n) is 29.6. The topological polar surface area (TPSA) is 181 Å². The fourth-order valence-corrected chi connectivity index (χ4v) is 7.17. The standard InChI is InChI=1S/C42H47N5O6/c43-30-13-17-32(18-14-30)47(42(52)53)36-24-27(12-19-33(36)29-7-2-1-3-8-29)6-4-5-9-39(50)45-31-15-10-28(11-16-31)25-44-26-38(49)34-20-22-37(48)41-35(34)21-23-40(51)46-41/h1-3,7-8,10-12,15-16,19-24,30,32,38,44,48-49H,4-6,9,13-14,17-18,25-26,43H2,(H,45,50)(H,46,51)(H,52,53). The lowest BCUT2D eigenvalue weighted by atomic mass is 9.89. The van der Waals surface area contributed by atoms with E-state index in [4.69, 9.17) is 5.73 Å². The van der Waals surface area contributed by atoms with E-state index in [9.17, 15) is 29.7 Å². The molecule has 11 heteroatoms. The molecule has 0 aliphatic heterocycles. The quantitative estimate of drug-likeness (QED) is 0.0611. The van der Waals surface area contributed by atoms with Crippen molar-refractivity contribution in [3.63, 3.8) is 0 Å². The molecule has 53 heavy (non-hydrogen) atoms. The molecule has 1 atom stereocenters. The molecule has 1 aliphatic carbocycles. The van der Waals surface area contributed by atoms with Gasteiger partial charge in [0.05, 0.1) is 17.3 Å². The third-order valence-corrected chi connectivity index (χ3v) is 10.0. The number of hydrogen-bond acceptors (Lipinski definition) is 7. The first kappa shape index (κ1) is 37.3. The minimum absolute atomic E-state index is 0.0558. The minimum atomic E-state index is -0.959. The molecule has 1 aliphatic rings. The number of anilines is 2. The van der Waals surface area contributed by atoms with Crippen LogP contribution >= 0.6 is 0 Å². The van der Waals surface area contributed by atoms with Crippen molar-refractivity contribution < 1.29 is 24.9 Å². The number of aryl methyl sites for hydroxylation is 1. The molecule has 1 unspecified atom stereocenters. The van der Waals surface area contributed by atoms with Crippen molar-refractivity contribution in [3.8, 4) is 16.9 Å². The van der Waals surface area contributed by atoms with E-state index in [0.717, 1.165) is 60.8 Å². The van der Waals surface area contributed by atoms with E-state index < -0.39 is 12.2 Å². The second-order valence-electron chi connectivity index (χ2n) is 13.8. The number of nitrogens with two attached hydrogens (primary N) is 1. The van der Waals surface area contributed by atoms with Gasteiger partial charge in [-0.25, -0.2) is 4.79 Å². The SMILES string of the molecule is NC1CCC(N(C(=O)O)c2cc(CCCCC(=O)Nc3ccc(CNCC(O)c4ccc(O)c5[nH]c(=O)ccc45)cc3)ccc2-c2ccccc2)CC1. The van der Waals surface area contributed by atoms with Crippen molar-refractivity contribution in [1.82, 2.24) is 10.3 Å². The number of phenolic OH excluding ortho intramolecular Hbond substituents is 1. The van der Waals surface area contributed by atoms with E-state index in [1.54, 1.807) is 17.0 Å². The molecule has 6 rings (SSSR count). The van der Waals surface area contributed by atoms with Gasteiger partial charge in [0.2, 0.25) is 11.5 Å². The summed E-state index contributed by atoms with van der Waals surface area (Å²) in [5, 5.41) is 38.1. The van der Waals surface area contributed by atoms with Crippen LogP contribution in [0.2, 0.25) is 0 Å². The zero-order chi connectivity index (χ0) is 37.3. The first-order valence-corrected chi connectivity index (χ1v) is 18.2. The highest BCUT2D eigenvalue weighted by molar-refractivity contribution is 5.94. The number of aliphatic hydroxyl groups is 1. The van der Waals surface area contributed by atoms with Gasteiger partial charge in [-0.05, 0) is 97.5 Å². The third-order valence-electron chi connectivity index (χ3n) is 10.0. The number of pyridine rings is 1. The van der Waals surface area contributed by atoms with Crippen molar-refractivity contribution in [1.29, 1.82) is 0 Å². The van der Waals surface area contributed by atoms with Crippen LogP contribution in [0.25, 0.3) is 22.0 Å². The predicted molar refractivity (Wildman–Crippen MR) is 208 cm³/mol. The highest BCUT2D eigenvalue weighted by atomic mass is 16.4. The summed E-state index contributed by atoms with van der Waals surface area (Å²) in [6.07, 6.45) is 3.78. The lowest BCUT2D eigenvalue weighted by Crippen LogP contribution is -2.44. The molecular weight excluding hydrogens is 670 g/mol. The second-order valence-corrected chi connectivity index (χ2v) is 13.8. The number of carboxylic acid groups (broad SMARTS) is 1. The van der Waals surface area contributed by atoms with Gasteiger partial charge < -0.3 is 36.7 Å². The van der Waals surface area contributed by atoms with Crippen molar-refractivity contribution >= 4 is 34.3 Å². The first-order chi connectivity index (χ1) is 25.7. The van der Waals surface area contributed by atoms with Crippen LogP contribution in [0.4, 0.5) is 16.2 Å². The number of nitrogens with zero attached hydrogens (tertiary/aromatic N) is 1. The number of carbonyl (C=O) groups is 2. The molecule has 11 nitrogen and oxygen atoms in total. The van der Waals surface area contributed by atoms with Crippen LogP contribution < -0.4 is 26.8 Å². The van der Waals surface area contributed by atoms with E-state index in [2.05, 4.69) is 21.7 Å². The number of aliphatic hydroxyl groups excluding tert-OH is 1. The summed E-state index contributed by atoms with van der Waals surface area (Å²) in [7, 11) is 0. The number of carbonyl (C=O) groups excluding carboxylic acids is 1. The summed E-state index contributed by atoms with van der Waals surface area (Å²) in [4.78, 5) is 41.3. The van der Waals surface area contributed by atoms with Crippen LogP contribution in [0.3, 0.4) is 0 Å². The van der Waals surface area contributed by atoms with Gasteiger partial charge >= 0.3 is 6.09 Å². The van der Waals surface area contributed by atoms with Crippen LogP contribution in [-0.2, 0) is 17.8 Å². The van der Waals surface area contributed by atoms with Gasteiger partial charge in [-0.2, -0.15) is 0 Å². The summed E-state index contributed by atoms with van der Waals surface area (Å²) in [5.74, 6) is -0.131. The summed E-state index contributed by atoms with van der Waals surface area (Å²) >= 11 is 0. The van der Waals surface area contributed by atoms with E-state index in [0.29, 0.717) is 47.2 Å². The molecule has 0 saturated heterocycles. The van der Waals surface area contributed by atoms with Crippen molar-refractivity contribution in [2.75, 3.05) is 16.8 Å².